The number of rotatable bonds is 6. The number of carbonyl (C=O) groups excluding carboxylic acids is 1. The van der Waals surface area contributed by atoms with Crippen LogP contribution in [-0.2, 0) is 11.2 Å². The van der Waals surface area contributed by atoms with Gasteiger partial charge in [-0.1, -0.05) is 35.9 Å². The van der Waals surface area contributed by atoms with Crippen LogP contribution < -0.4 is 15.8 Å². The molecule has 5 nitrogen and oxygen atoms in total. The first-order valence-electron chi connectivity index (χ1n) is 11.4. The van der Waals surface area contributed by atoms with Gasteiger partial charge in [-0.2, -0.15) is 0 Å². The van der Waals surface area contributed by atoms with Crippen LogP contribution in [0.25, 0.3) is 17.2 Å². The number of pyridine rings is 1. The van der Waals surface area contributed by atoms with Crippen LogP contribution in [0, 0.1) is 0 Å². The number of nitrogens with one attached hydrogen (secondary N) is 1. The van der Waals surface area contributed by atoms with Crippen LogP contribution in [0.3, 0.4) is 0 Å². The quantitative estimate of drug-likeness (QED) is 0.434. The molecule has 1 aromatic heterocycles. The van der Waals surface area contributed by atoms with E-state index in [9.17, 15) is 13.6 Å². The maximum atomic E-state index is 13.2. The lowest BCUT2D eigenvalue weighted by Crippen LogP contribution is -2.33. The third-order valence-corrected chi connectivity index (χ3v) is 6.68. The van der Waals surface area contributed by atoms with Crippen molar-refractivity contribution in [3.05, 3.63) is 82.5 Å². The predicted octanol–water partition coefficient (Wildman–Crippen LogP) is 5.63. The maximum Gasteiger partial charge on any atom is 0.249 e. The Morgan fingerprint density at radius 3 is 2.63 bits per heavy atom. The number of ether oxygens (including phenoxy) is 1. The Labute approximate surface area is 207 Å². The topological polar surface area (TPSA) is 77.2 Å². The number of nitrogens with two attached hydrogens (primary N) is 1. The van der Waals surface area contributed by atoms with Crippen LogP contribution in [0.2, 0.25) is 5.02 Å². The normalized spacial score (nSPS) is 18.7. The summed E-state index contributed by atoms with van der Waals surface area (Å²) in [5.41, 5.74) is 10.1. The highest BCUT2D eigenvalue weighted by molar-refractivity contribution is 6.32. The fourth-order valence-electron chi connectivity index (χ4n) is 4.47. The molecule has 1 unspecified atom stereocenters. The molecule has 0 radical (unpaired) electrons. The van der Waals surface area contributed by atoms with Crippen molar-refractivity contribution in [2.24, 2.45) is 0 Å². The zero-order chi connectivity index (χ0) is 24.6. The summed E-state index contributed by atoms with van der Waals surface area (Å²) in [5, 5.41) is 3.35. The van der Waals surface area contributed by atoms with E-state index in [1.54, 1.807) is 24.4 Å². The smallest absolute Gasteiger partial charge is 0.249 e. The fraction of sp³-hybridized carbons (Fsp3) is 0.259. The molecule has 1 atom stereocenters. The van der Waals surface area contributed by atoms with E-state index in [1.165, 1.54) is 6.08 Å². The lowest BCUT2D eigenvalue weighted by Gasteiger charge is -2.35. The van der Waals surface area contributed by atoms with Gasteiger partial charge in [-0.05, 0) is 58.5 Å². The van der Waals surface area contributed by atoms with Crippen molar-refractivity contribution in [1.29, 1.82) is 0 Å². The summed E-state index contributed by atoms with van der Waals surface area (Å²) in [6.45, 7) is 0.338. The number of halogens is 3. The molecular weight excluding hydrogens is 472 g/mol. The van der Waals surface area contributed by atoms with Crippen LogP contribution in [-0.4, -0.2) is 29.5 Å². The number of benzene rings is 2. The summed E-state index contributed by atoms with van der Waals surface area (Å²) in [6, 6.07) is 15.0. The van der Waals surface area contributed by atoms with Gasteiger partial charge in [0.15, 0.2) is 0 Å². The van der Waals surface area contributed by atoms with Crippen molar-refractivity contribution in [1.82, 2.24) is 10.3 Å². The van der Waals surface area contributed by atoms with Gasteiger partial charge >= 0.3 is 0 Å². The van der Waals surface area contributed by atoms with Gasteiger partial charge in [0.25, 0.3) is 0 Å². The summed E-state index contributed by atoms with van der Waals surface area (Å²) in [5.74, 6) is -1.80. The van der Waals surface area contributed by atoms with E-state index in [-0.39, 0.29) is 30.8 Å². The molecule has 1 aliphatic heterocycles. The van der Waals surface area contributed by atoms with Crippen molar-refractivity contribution in [3.8, 4) is 16.9 Å². The Kier molecular flexibility index (Phi) is 6.19. The van der Waals surface area contributed by atoms with Crippen LogP contribution in [0.1, 0.15) is 35.4 Å². The van der Waals surface area contributed by atoms with Gasteiger partial charge in [0.2, 0.25) is 11.8 Å². The summed E-state index contributed by atoms with van der Waals surface area (Å²) < 4.78 is 32.3. The molecule has 3 N–H and O–H groups in total. The number of anilines is 1. The standard InChI is InChI=1S/C27H24ClF2N3O2/c28-23-11-19(17-3-5-18(6-4-17)21-12-27(29,30)13-21)9-20-10-22(35-26(20)23)15-33-25(34)8-2-16-1-7-24(31)32-14-16/h1-9,11,14,21-22H,10,12-13,15H2,(H2,31,32)(H,33,34)/b8-2+. The molecule has 2 aromatic carbocycles. The van der Waals surface area contributed by atoms with E-state index in [1.807, 2.05) is 36.4 Å². The molecule has 1 saturated carbocycles. The predicted molar refractivity (Wildman–Crippen MR) is 133 cm³/mol. The second kappa shape index (κ2) is 9.30. The highest BCUT2D eigenvalue weighted by atomic mass is 35.5. The Morgan fingerprint density at radius 1 is 1.17 bits per heavy atom. The first kappa shape index (κ1) is 23.3. The summed E-state index contributed by atoms with van der Waals surface area (Å²) >= 11 is 6.50. The maximum absolute atomic E-state index is 13.2. The number of carbonyl (C=O) groups is 1. The average molecular weight is 496 g/mol. The lowest BCUT2D eigenvalue weighted by atomic mass is 9.76. The molecular formula is C27H24ClF2N3O2. The van der Waals surface area contributed by atoms with Crippen molar-refractivity contribution in [2.75, 3.05) is 12.3 Å². The number of hydrogen-bond donors (Lipinski definition) is 2. The summed E-state index contributed by atoms with van der Waals surface area (Å²) in [7, 11) is 0. The monoisotopic (exact) mass is 495 g/mol. The minimum absolute atomic E-state index is 0.0787. The molecule has 180 valence electrons. The van der Waals surface area contributed by atoms with Crippen LogP contribution in [0.4, 0.5) is 14.6 Å². The van der Waals surface area contributed by atoms with Gasteiger partial charge in [0.05, 0.1) is 11.6 Å². The molecule has 0 bridgehead atoms. The summed E-state index contributed by atoms with van der Waals surface area (Å²) in [4.78, 5) is 16.2. The molecule has 8 heteroatoms. The molecule has 1 amide bonds. The van der Waals surface area contributed by atoms with Crippen LogP contribution >= 0.6 is 11.6 Å². The molecule has 2 heterocycles. The second-order valence-electron chi connectivity index (χ2n) is 9.07. The first-order chi connectivity index (χ1) is 16.8. The van der Waals surface area contributed by atoms with Crippen molar-refractivity contribution < 1.29 is 18.3 Å². The number of nitrogen functional groups attached to an aromatic ring is 1. The van der Waals surface area contributed by atoms with Gasteiger partial charge in [0, 0.05) is 37.1 Å². The van der Waals surface area contributed by atoms with Gasteiger partial charge < -0.3 is 15.8 Å². The lowest BCUT2D eigenvalue weighted by molar-refractivity contribution is -0.116. The number of alkyl halides is 2. The van der Waals surface area contributed by atoms with Gasteiger partial charge in [0.1, 0.15) is 17.7 Å². The van der Waals surface area contributed by atoms with Gasteiger partial charge in [-0.15, -0.1) is 0 Å². The molecule has 3 aromatic rings. The van der Waals surface area contributed by atoms with Crippen molar-refractivity contribution in [3.63, 3.8) is 0 Å². The molecule has 1 fully saturated rings. The Bertz CT molecular complexity index is 1270. The van der Waals surface area contributed by atoms with E-state index < -0.39 is 5.92 Å². The third kappa shape index (κ3) is 5.30. The summed E-state index contributed by atoms with van der Waals surface area (Å²) in [6.07, 6.45) is 4.92. The number of aromatic nitrogens is 1. The van der Waals surface area contributed by atoms with E-state index in [0.29, 0.717) is 29.6 Å². The van der Waals surface area contributed by atoms with Gasteiger partial charge in [-0.25, -0.2) is 13.8 Å². The molecule has 0 saturated heterocycles. The van der Waals surface area contributed by atoms with E-state index in [4.69, 9.17) is 22.1 Å². The number of nitrogens with zero attached hydrogens (tertiary/aromatic N) is 1. The molecule has 2 aliphatic rings. The SMILES string of the molecule is Nc1ccc(/C=C/C(=O)NCC2Cc3cc(-c4ccc(C5CC(F)(F)C5)cc4)cc(Cl)c3O2)cn1. The van der Waals surface area contributed by atoms with Crippen LogP contribution in [0.15, 0.2) is 60.8 Å². The largest absolute Gasteiger partial charge is 0.486 e. The van der Waals surface area contributed by atoms with Crippen LogP contribution in [0.5, 0.6) is 5.75 Å². The Morgan fingerprint density at radius 2 is 1.94 bits per heavy atom. The second-order valence-corrected chi connectivity index (χ2v) is 9.48. The van der Waals surface area contributed by atoms with E-state index >= 15 is 0 Å². The fourth-order valence-corrected chi connectivity index (χ4v) is 4.76. The zero-order valence-electron chi connectivity index (χ0n) is 18.8. The van der Waals surface area contributed by atoms with Crippen molar-refractivity contribution >= 4 is 29.4 Å². The minimum Gasteiger partial charge on any atom is -0.486 e. The molecule has 0 spiro atoms. The zero-order valence-corrected chi connectivity index (χ0v) is 19.6. The molecule has 1 aliphatic carbocycles. The minimum atomic E-state index is -2.53. The molecule has 35 heavy (non-hydrogen) atoms. The average Bonchev–Trinajstić information content (AvgIpc) is 3.25. The number of hydrogen-bond acceptors (Lipinski definition) is 4. The molecule has 5 rings (SSSR count). The highest BCUT2D eigenvalue weighted by Crippen LogP contribution is 2.48. The number of amides is 1. The Hall–Kier alpha value is -3.45. The van der Waals surface area contributed by atoms with E-state index in [0.717, 1.165) is 27.8 Å². The van der Waals surface area contributed by atoms with E-state index in [2.05, 4.69) is 10.3 Å². The van der Waals surface area contributed by atoms with Gasteiger partial charge in [-0.3, -0.25) is 4.79 Å². The third-order valence-electron chi connectivity index (χ3n) is 6.40. The Balaban J connectivity index is 1.19. The number of fused-ring (bicyclic) bond motifs is 1. The highest BCUT2D eigenvalue weighted by Gasteiger charge is 2.45. The van der Waals surface area contributed by atoms with Crippen molar-refractivity contribution in [2.45, 2.75) is 37.2 Å². The first-order valence-corrected chi connectivity index (χ1v) is 11.8.